The third-order valence-corrected chi connectivity index (χ3v) is 1.64. The van der Waals surface area contributed by atoms with Crippen LogP contribution in [0.2, 0.25) is 0 Å². The van der Waals surface area contributed by atoms with E-state index < -0.39 is 0 Å². The summed E-state index contributed by atoms with van der Waals surface area (Å²) in [6.45, 7) is 4.05. The first-order valence-corrected chi connectivity index (χ1v) is 3.80. The minimum absolute atomic E-state index is 0.488. The van der Waals surface area contributed by atoms with Crippen LogP contribution in [0, 0.1) is 0 Å². The van der Waals surface area contributed by atoms with Crippen LogP contribution in [0.4, 0.5) is 0 Å². The fraction of sp³-hybridized carbons (Fsp3) is 0.200. The zero-order chi connectivity index (χ0) is 8.81. The molecule has 0 saturated heterocycles. The van der Waals surface area contributed by atoms with E-state index in [1.807, 2.05) is 24.3 Å². The Bertz CT molecular complexity index is 235. The van der Waals surface area contributed by atoms with E-state index in [2.05, 4.69) is 11.7 Å². The smallest absolute Gasteiger partial charge is 0.124 e. The molecule has 1 aromatic carbocycles. The lowest BCUT2D eigenvalue weighted by Crippen LogP contribution is -1.86. The first-order valence-electron chi connectivity index (χ1n) is 3.80. The van der Waals surface area contributed by atoms with E-state index in [1.165, 1.54) is 0 Å². The summed E-state index contributed by atoms with van der Waals surface area (Å²) in [7, 11) is 0. The average molecular weight is 161 g/mol. The number of rotatable bonds is 4. The highest BCUT2D eigenvalue weighted by Gasteiger charge is 1.91. The van der Waals surface area contributed by atoms with Gasteiger partial charge in [0.05, 0.1) is 6.54 Å². The molecule has 0 heterocycles. The van der Waals surface area contributed by atoms with Crippen LogP contribution in [0.3, 0.4) is 0 Å². The highest BCUT2D eigenvalue weighted by Crippen LogP contribution is 2.04. The standard InChI is InChI=1S/C10H11NO/c1-11-8-10-4-2-9(3-5-10)6-7-12/h2-5,7H,1,6,8H2. The summed E-state index contributed by atoms with van der Waals surface area (Å²) in [5.41, 5.74) is 2.16. The normalized spacial score (nSPS) is 9.33. The van der Waals surface area contributed by atoms with Crippen molar-refractivity contribution in [3.63, 3.8) is 0 Å². The fourth-order valence-electron chi connectivity index (χ4n) is 1.01. The molecule has 0 aromatic heterocycles. The lowest BCUT2D eigenvalue weighted by atomic mass is 10.1. The van der Waals surface area contributed by atoms with E-state index in [-0.39, 0.29) is 0 Å². The Labute approximate surface area is 71.9 Å². The monoisotopic (exact) mass is 161 g/mol. The predicted molar refractivity (Wildman–Crippen MR) is 49.5 cm³/mol. The maximum absolute atomic E-state index is 10.2. The second kappa shape index (κ2) is 4.44. The van der Waals surface area contributed by atoms with Crippen LogP contribution in [0.25, 0.3) is 0 Å². The van der Waals surface area contributed by atoms with Gasteiger partial charge in [0.25, 0.3) is 0 Å². The molecular weight excluding hydrogens is 150 g/mol. The van der Waals surface area contributed by atoms with Gasteiger partial charge in [0.1, 0.15) is 6.29 Å². The second-order valence-corrected chi connectivity index (χ2v) is 2.57. The van der Waals surface area contributed by atoms with Gasteiger partial charge in [0.15, 0.2) is 0 Å². The van der Waals surface area contributed by atoms with Crippen molar-refractivity contribution in [1.29, 1.82) is 0 Å². The van der Waals surface area contributed by atoms with Crippen LogP contribution in [0.1, 0.15) is 11.1 Å². The van der Waals surface area contributed by atoms with Crippen molar-refractivity contribution < 1.29 is 4.79 Å². The number of benzene rings is 1. The van der Waals surface area contributed by atoms with E-state index in [4.69, 9.17) is 0 Å². The molecule has 0 amide bonds. The maximum atomic E-state index is 10.2. The van der Waals surface area contributed by atoms with Crippen molar-refractivity contribution in [2.45, 2.75) is 13.0 Å². The summed E-state index contributed by atoms with van der Waals surface area (Å²) in [5.74, 6) is 0. The Morgan fingerprint density at radius 3 is 2.33 bits per heavy atom. The molecular formula is C10H11NO. The molecule has 0 aliphatic carbocycles. The van der Waals surface area contributed by atoms with Crippen molar-refractivity contribution in [3.05, 3.63) is 35.4 Å². The van der Waals surface area contributed by atoms with Crippen molar-refractivity contribution >= 4 is 13.0 Å². The molecule has 0 aliphatic rings. The lowest BCUT2D eigenvalue weighted by molar-refractivity contribution is -0.107. The number of carbonyl (C=O) groups is 1. The van der Waals surface area contributed by atoms with Gasteiger partial charge in [-0.05, 0) is 17.8 Å². The molecule has 0 spiro atoms. The van der Waals surface area contributed by atoms with Crippen LogP contribution in [0.5, 0.6) is 0 Å². The Hall–Kier alpha value is -1.44. The largest absolute Gasteiger partial charge is 0.303 e. The molecule has 0 atom stereocenters. The van der Waals surface area contributed by atoms with Crippen molar-refractivity contribution in [1.82, 2.24) is 0 Å². The van der Waals surface area contributed by atoms with Gasteiger partial charge in [0, 0.05) is 6.42 Å². The first kappa shape index (κ1) is 8.65. The number of aliphatic imine (C=N–C) groups is 1. The molecule has 0 N–H and O–H groups in total. The molecule has 0 bridgehead atoms. The van der Waals surface area contributed by atoms with Gasteiger partial charge in [-0.3, -0.25) is 4.99 Å². The molecule has 1 rings (SSSR count). The molecule has 0 saturated carbocycles. The summed E-state index contributed by atoms with van der Waals surface area (Å²) in [5, 5.41) is 0. The Kier molecular flexibility index (Phi) is 3.20. The van der Waals surface area contributed by atoms with E-state index >= 15 is 0 Å². The highest BCUT2D eigenvalue weighted by atomic mass is 16.1. The number of nitrogens with zero attached hydrogens (tertiary/aromatic N) is 1. The molecule has 0 radical (unpaired) electrons. The fourth-order valence-corrected chi connectivity index (χ4v) is 1.01. The van der Waals surface area contributed by atoms with Crippen LogP contribution in [0.15, 0.2) is 29.3 Å². The Balaban J connectivity index is 2.70. The van der Waals surface area contributed by atoms with Crippen molar-refractivity contribution in [3.8, 4) is 0 Å². The zero-order valence-electron chi connectivity index (χ0n) is 6.86. The highest BCUT2D eigenvalue weighted by molar-refractivity contribution is 5.54. The van der Waals surface area contributed by atoms with Crippen molar-refractivity contribution in [2.75, 3.05) is 0 Å². The molecule has 0 fully saturated rings. The summed E-state index contributed by atoms with van der Waals surface area (Å²) < 4.78 is 0. The Morgan fingerprint density at radius 2 is 1.83 bits per heavy atom. The van der Waals surface area contributed by atoms with Gasteiger partial charge in [-0.15, -0.1) is 0 Å². The van der Waals surface area contributed by atoms with Crippen LogP contribution < -0.4 is 0 Å². The summed E-state index contributed by atoms with van der Waals surface area (Å²) >= 11 is 0. The molecule has 0 unspecified atom stereocenters. The maximum Gasteiger partial charge on any atom is 0.124 e. The quantitative estimate of drug-likeness (QED) is 0.487. The van der Waals surface area contributed by atoms with Crippen molar-refractivity contribution in [2.24, 2.45) is 4.99 Å². The Morgan fingerprint density at radius 1 is 1.25 bits per heavy atom. The predicted octanol–water partition coefficient (Wildman–Crippen LogP) is 1.63. The average Bonchev–Trinajstić information content (AvgIpc) is 2.09. The minimum atomic E-state index is 0.488. The number of hydrogen-bond donors (Lipinski definition) is 0. The van der Waals surface area contributed by atoms with Crippen LogP contribution >= 0.6 is 0 Å². The number of carbonyl (C=O) groups excluding carboxylic acids is 1. The van der Waals surface area contributed by atoms with Gasteiger partial charge < -0.3 is 4.79 Å². The minimum Gasteiger partial charge on any atom is -0.303 e. The van der Waals surface area contributed by atoms with Gasteiger partial charge in [-0.25, -0.2) is 0 Å². The first-order chi connectivity index (χ1) is 5.86. The van der Waals surface area contributed by atoms with Crippen LogP contribution in [-0.4, -0.2) is 13.0 Å². The molecule has 2 heteroatoms. The molecule has 62 valence electrons. The second-order valence-electron chi connectivity index (χ2n) is 2.57. The van der Waals surface area contributed by atoms with E-state index in [9.17, 15) is 4.79 Å². The summed E-state index contributed by atoms with van der Waals surface area (Å²) in [4.78, 5) is 13.9. The lowest BCUT2D eigenvalue weighted by Gasteiger charge is -1.97. The number of aldehydes is 1. The van der Waals surface area contributed by atoms with E-state index in [0.717, 1.165) is 17.4 Å². The van der Waals surface area contributed by atoms with Gasteiger partial charge >= 0.3 is 0 Å². The van der Waals surface area contributed by atoms with Gasteiger partial charge in [-0.1, -0.05) is 24.3 Å². The molecule has 2 nitrogen and oxygen atoms in total. The summed E-state index contributed by atoms with van der Waals surface area (Å²) in [6, 6.07) is 7.81. The van der Waals surface area contributed by atoms with Crippen LogP contribution in [-0.2, 0) is 17.8 Å². The topological polar surface area (TPSA) is 29.4 Å². The molecule has 0 aliphatic heterocycles. The summed E-state index contributed by atoms with van der Waals surface area (Å²) in [6.07, 6.45) is 1.39. The van der Waals surface area contributed by atoms with E-state index in [0.29, 0.717) is 13.0 Å². The SMILES string of the molecule is C=NCc1ccc(CC=O)cc1. The molecule has 1 aromatic rings. The zero-order valence-corrected chi connectivity index (χ0v) is 6.86. The third kappa shape index (κ3) is 2.31. The van der Waals surface area contributed by atoms with Gasteiger partial charge in [0.2, 0.25) is 0 Å². The number of hydrogen-bond acceptors (Lipinski definition) is 2. The van der Waals surface area contributed by atoms with Gasteiger partial charge in [-0.2, -0.15) is 0 Å². The third-order valence-electron chi connectivity index (χ3n) is 1.64. The van der Waals surface area contributed by atoms with E-state index in [1.54, 1.807) is 0 Å². The molecule has 12 heavy (non-hydrogen) atoms.